The van der Waals surface area contributed by atoms with Gasteiger partial charge in [0.2, 0.25) is 0 Å². The van der Waals surface area contributed by atoms with Crippen LogP contribution in [0.25, 0.3) is 6.08 Å². The van der Waals surface area contributed by atoms with Crippen molar-refractivity contribution >= 4 is 12.0 Å². The first-order valence-corrected chi connectivity index (χ1v) is 4.44. The first-order valence-electron chi connectivity index (χ1n) is 4.44. The molecule has 0 heterocycles. The summed E-state index contributed by atoms with van der Waals surface area (Å²) in [4.78, 5) is 11.1. The SMILES string of the molecule is COC(=O)C(C#N)=Cc1cccc(C)c1. The van der Waals surface area contributed by atoms with Crippen molar-refractivity contribution in [2.24, 2.45) is 0 Å². The van der Waals surface area contributed by atoms with E-state index in [1.807, 2.05) is 37.3 Å². The van der Waals surface area contributed by atoms with E-state index in [0.717, 1.165) is 11.1 Å². The average molecular weight is 201 g/mol. The summed E-state index contributed by atoms with van der Waals surface area (Å²) < 4.78 is 4.48. The van der Waals surface area contributed by atoms with Crippen molar-refractivity contribution in [3.8, 4) is 6.07 Å². The van der Waals surface area contributed by atoms with Crippen molar-refractivity contribution in [1.82, 2.24) is 0 Å². The van der Waals surface area contributed by atoms with Crippen LogP contribution < -0.4 is 0 Å². The number of hydrogen-bond acceptors (Lipinski definition) is 3. The molecule has 0 saturated carbocycles. The minimum absolute atomic E-state index is 0.00287. The van der Waals surface area contributed by atoms with Crippen LogP contribution in [0, 0.1) is 18.3 Å². The van der Waals surface area contributed by atoms with E-state index < -0.39 is 5.97 Å². The Labute approximate surface area is 88.6 Å². The third-order valence-corrected chi connectivity index (χ3v) is 1.88. The highest BCUT2D eigenvalue weighted by atomic mass is 16.5. The van der Waals surface area contributed by atoms with Crippen LogP contribution in [0.2, 0.25) is 0 Å². The standard InChI is InChI=1S/C12H11NO2/c1-9-4-3-5-10(6-9)7-11(8-13)12(14)15-2/h3-7H,1-2H3. The molecule has 3 nitrogen and oxygen atoms in total. The summed E-state index contributed by atoms with van der Waals surface area (Å²) in [5.74, 6) is -0.612. The third kappa shape index (κ3) is 2.96. The van der Waals surface area contributed by atoms with Crippen LogP contribution in [0.1, 0.15) is 11.1 Å². The van der Waals surface area contributed by atoms with Crippen molar-refractivity contribution in [3.63, 3.8) is 0 Å². The monoisotopic (exact) mass is 201 g/mol. The highest BCUT2D eigenvalue weighted by molar-refractivity contribution is 5.97. The maximum Gasteiger partial charge on any atom is 0.348 e. The molecule has 0 radical (unpaired) electrons. The van der Waals surface area contributed by atoms with Gasteiger partial charge in [0.15, 0.2) is 0 Å². The molecule has 0 unspecified atom stereocenters. The molecular weight excluding hydrogens is 190 g/mol. The molecule has 0 saturated heterocycles. The number of nitrogens with zero attached hydrogens (tertiary/aromatic N) is 1. The largest absolute Gasteiger partial charge is 0.465 e. The second-order valence-electron chi connectivity index (χ2n) is 3.08. The van der Waals surface area contributed by atoms with Crippen LogP contribution in [-0.4, -0.2) is 13.1 Å². The Hall–Kier alpha value is -2.08. The molecule has 0 atom stereocenters. The van der Waals surface area contributed by atoms with Crippen LogP contribution in [0.4, 0.5) is 0 Å². The molecule has 0 spiro atoms. The molecule has 0 aromatic heterocycles. The fourth-order valence-electron chi connectivity index (χ4n) is 1.17. The number of aryl methyl sites for hydroxylation is 1. The predicted molar refractivity (Wildman–Crippen MR) is 56.8 cm³/mol. The lowest BCUT2D eigenvalue weighted by Crippen LogP contribution is -2.02. The molecule has 0 aliphatic heterocycles. The molecule has 0 aliphatic carbocycles. The fraction of sp³-hybridized carbons (Fsp3) is 0.167. The lowest BCUT2D eigenvalue weighted by Gasteiger charge is -1.98. The van der Waals surface area contributed by atoms with E-state index in [0.29, 0.717) is 0 Å². The molecule has 0 aliphatic rings. The zero-order chi connectivity index (χ0) is 11.3. The molecule has 1 rings (SSSR count). The summed E-state index contributed by atoms with van der Waals surface area (Å²) in [6.07, 6.45) is 1.51. The molecule has 0 N–H and O–H groups in total. The molecule has 0 amide bonds. The molecule has 0 bridgehead atoms. The summed E-state index contributed by atoms with van der Waals surface area (Å²) in [6, 6.07) is 9.34. The van der Waals surface area contributed by atoms with Gasteiger partial charge in [0, 0.05) is 0 Å². The van der Waals surface area contributed by atoms with Gasteiger partial charge in [-0.2, -0.15) is 5.26 Å². The van der Waals surface area contributed by atoms with E-state index in [-0.39, 0.29) is 5.57 Å². The Kier molecular flexibility index (Phi) is 3.64. The molecule has 1 aromatic carbocycles. The van der Waals surface area contributed by atoms with Gasteiger partial charge in [-0.3, -0.25) is 0 Å². The van der Waals surface area contributed by atoms with Gasteiger partial charge in [-0.05, 0) is 18.6 Å². The normalized spacial score (nSPS) is 10.6. The molecular formula is C12H11NO2. The van der Waals surface area contributed by atoms with Crippen molar-refractivity contribution < 1.29 is 9.53 Å². The van der Waals surface area contributed by atoms with Gasteiger partial charge in [-0.25, -0.2) is 4.79 Å². The number of esters is 1. The van der Waals surface area contributed by atoms with Gasteiger partial charge < -0.3 is 4.74 Å². The van der Waals surface area contributed by atoms with Crippen LogP contribution in [0.15, 0.2) is 29.8 Å². The summed E-state index contributed by atoms with van der Waals surface area (Å²) >= 11 is 0. The Morgan fingerprint density at radius 1 is 1.53 bits per heavy atom. The van der Waals surface area contributed by atoms with Gasteiger partial charge in [0.05, 0.1) is 7.11 Å². The first kappa shape index (κ1) is 11.0. The number of rotatable bonds is 2. The second-order valence-corrected chi connectivity index (χ2v) is 3.08. The van der Waals surface area contributed by atoms with Crippen molar-refractivity contribution in [1.29, 1.82) is 5.26 Å². The Balaban J connectivity index is 3.05. The number of hydrogen-bond donors (Lipinski definition) is 0. The molecule has 76 valence electrons. The zero-order valence-electron chi connectivity index (χ0n) is 8.65. The summed E-state index contributed by atoms with van der Waals surface area (Å²) in [6.45, 7) is 1.95. The van der Waals surface area contributed by atoms with Crippen LogP contribution in [0.5, 0.6) is 0 Å². The highest BCUT2D eigenvalue weighted by Crippen LogP contribution is 2.09. The summed E-state index contributed by atoms with van der Waals surface area (Å²) in [5.41, 5.74) is 1.89. The minimum Gasteiger partial charge on any atom is -0.465 e. The number of methoxy groups -OCH3 is 1. The topological polar surface area (TPSA) is 50.1 Å². The first-order chi connectivity index (χ1) is 7.17. The van der Waals surface area contributed by atoms with E-state index in [1.54, 1.807) is 0 Å². The van der Waals surface area contributed by atoms with Crippen LogP contribution in [0.3, 0.4) is 0 Å². The van der Waals surface area contributed by atoms with Gasteiger partial charge in [0.1, 0.15) is 11.6 Å². The third-order valence-electron chi connectivity index (χ3n) is 1.88. The maximum atomic E-state index is 11.1. The van der Waals surface area contributed by atoms with E-state index in [9.17, 15) is 4.79 Å². The van der Waals surface area contributed by atoms with Crippen LogP contribution >= 0.6 is 0 Å². The quantitative estimate of drug-likeness (QED) is 0.418. The molecule has 15 heavy (non-hydrogen) atoms. The maximum absolute atomic E-state index is 11.1. The van der Waals surface area contributed by atoms with E-state index in [4.69, 9.17) is 5.26 Å². The van der Waals surface area contributed by atoms with Gasteiger partial charge >= 0.3 is 5.97 Å². The number of carbonyl (C=O) groups is 1. The fourth-order valence-corrected chi connectivity index (χ4v) is 1.17. The van der Waals surface area contributed by atoms with Gasteiger partial charge in [0.25, 0.3) is 0 Å². The smallest absolute Gasteiger partial charge is 0.348 e. The highest BCUT2D eigenvalue weighted by Gasteiger charge is 2.07. The van der Waals surface area contributed by atoms with E-state index >= 15 is 0 Å². The van der Waals surface area contributed by atoms with Crippen molar-refractivity contribution in [2.75, 3.05) is 7.11 Å². The molecule has 3 heteroatoms. The number of benzene rings is 1. The minimum atomic E-state index is -0.612. The zero-order valence-corrected chi connectivity index (χ0v) is 8.65. The number of carbonyl (C=O) groups excluding carboxylic acids is 1. The number of nitriles is 1. The predicted octanol–water partition coefficient (Wildman–Crippen LogP) is 2.08. The summed E-state index contributed by atoms with van der Waals surface area (Å²) in [7, 11) is 1.25. The summed E-state index contributed by atoms with van der Waals surface area (Å²) in [5, 5.41) is 8.74. The Morgan fingerprint density at radius 3 is 2.80 bits per heavy atom. The average Bonchev–Trinajstić information content (AvgIpc) is 2.25. The van der Waals surface area contributed by atoms with E-state index in [1.165, 1.54) is 13.2 Å². The molecule has 0 fully saturated rings. The number of ether oxygens (including phenoxy) is 1. The second kappa shape index (κ2) is 4.97. The van der Waals surface area contributed by atoms with Gasteiger partial charge in [-0.15, -0.1) is 0 Å². The van der Waals surface area contributed by atoms with Crippen molar-refractivity contribution in [3.05, 3.63) is 41.0 Å². The lowest BCUT2D eigenvalue weighted by atomic mass is 10.1. The molecule has 1 aromatic rings. The van der Waals surface area contributed by atoms with E-state index in [2.05, 4.69) is 4.74 Å². The lowest BCUT2D eigenvalue weighted by molar-refractivity contribution is -0.135. The Bertz CT molecular complexity index is 441. The van der Waals surface area contributed by atoms with Gasteiger partial charge in [-0.1, -0.05) is 29.8 Å². The van der Waals surface area contributed by atoms with Crippen molar-refractivity contribution in [2.45, 2.75) is 6.92 Å². The Morgan fingerprint density at radius 2 is 2.27 bits per heavy atom. The van der Waals surface area contributed by atoms with Crippen LogP contribution in [-0.2, 0) is 9.53 Å².